The van der Waals surface area contributed by atoms with Crippen molar-refractivity contribution in [3.8, 4) is 0 Å². The van der Waals surface area contributed by atoms with Gasteiger partial charge in [-0.2, -0.15) is 0 Å². The van der Waals surface area contributed by atoms with Crippen LogP contribution in [0.5, 0.6) is 0 Å². The molecule has 0 aromatic carbocycles. The lowest BCUT2D eigenvalue weighted by molar-refractivity contribution is 0.178. The van der Waals surface area contributed by atoms with Gasteiger partial charge in [0.05, 0.1) is 12.7 Å². The molecule has 2 heterocycles. The average Bonchev–Trinajstić information content (AvgIpc) is 2.82. The first-order valence-corrected chi connectivity index (χ1v) is 5.91. The predicted molar refractivity (Wildman–Crippen MR) is 70.9 cm³/mol. The Labute approximate surface area is 111 Å². The van der Waals surface area contributed by atoms with Gasteiger partial charge >= 0.3 is 0 Å². The van der Waals surface area contributed by atoms with Crippen molar-refractivity contribution < 1.29 is 9.15 Å². The quantitative estimate of drug-likeness (QED) is 0.818. The fourth-order valence-corrected chi connectivity index (χ4v) is 1.56. The van der Waals surface area contributed by atoms with Crippen LogP contribution in [0.15, 0.2) is 16.7 Å². The van der Waals surface area contributed by atoms with Crippen LogP contribution in [0.4, 0.5) is 11.6 Å². The lowest BCUT2D eigenvalue weighted by atomic mass is 10.4. The molecule has 2 rings (SSSR count). The highest BCUT2D eigenvalue weighted by Crippen LogP contribution is 2.12. The molecule has 7 nitrogen and oxygen atoms in total. The highest BCUT2D eigenvalue weighted by Gasteiger charge is 2.05. The van der Waals surface area contributed by atoms with E-state index in [0.717, 1.165) is 11.6 Å². The molecule has 0 radical (unpaired) electrons. The first kappa shape index (κ1) is 13.3. The molecule has 0 aliphatic rings. The van der Waals surface area contributed by atoms with Gasteiger partial charge in [0.25, 0.3) is 0 Å². The molecule has 0 amide bonds. The van der Waals surface area contributed by atoms with Gasteiger partial charge in [-0.15, -0.1) is 0 Å². The number of oxazole rings is 1. The predicted octanol–water partition coefficient (Wildman–Crippen LogP) is 1.57. The number of aryl methyl sites for hydroxylation is 1. The second-order valence-corrected chi connectivity index (χ2v) is 3.96. The third-order valence-corrected chi connectivity index (χ3v) is 2.39. The van der Waals surface area contributed by atoms with Gasteiger partial charge in [0, 0.05) is 20.2 Å². The molecule has 0 aliphatic carbocycles. The van der Waals surface area contributed by atoms with Gasteiger partial charge in [-0.1, -0.05) is 0 Å². The van der Waals surface area contributed by atoms with E-state index in [2.05, 4.69) is 25.6 Å². The van der Waals surface area contributed by atoms with Crippen LogP contribution < -0.4 is 10.6 Å². The zero-order valence-electron chi connectivity index (χ0n) is 11.2. The van der Waals surface area contributed by atoms with Gasteiger partial charge in [0.1, 0.15) is 24.0 Å². The van der Waals surface area contributed by atoms with E-state index in [4.69, 9.17) is 9.15 Å². The monoisotopic (exact) mass is 263 g/mol. The van der Waals surface area contributed by atoms with Crippen molar-refractivity contribution in [2.45, 2.75) is 20.1 Å². The SMILES string of the molecule is CNc1cc(NCc2ncc(C)o2)nc(COC)n1. The lowest BCUT2D eigenvalue weighted by Gasteiger charge is -2.08. The van der Waals surface area contributed by atoms with Crippen molar-refractivity contribution >= 4 is 11.6 Å². The van der Waals surface area contributed by atoms with Crippen molar-refractivity contribution in [2.24, 2.45) is 0 Å². The molecule has 2 N–H and O–H groups in total. The number of aromatic nitrogens is 3. The maximum atomic E-state index is 5.38. The Morgan fingerprint density at radius 2 is 2.11 bits per heavy atom. The van der Waals surface area contributed by atoms with E-state index in [1.807, 2.05) is 13.0 Å². The zero-order chi connectivity index (χ0) is 13.7. The molecule has 19 heavy (non-hydrogen) atoms. The van der Waals surface area contributed by atoms with E-state index in [-0.39, 0.29) is 0 Å². The van der Waals surface area contributed by atoms with Crippen molar-refractivity contribution in [2.75, 3.05) is 24.8 Å². The van der Waals surface area contributed by atoms with Crippen LogP contribution >= 0.6 is 0 Å². The molecule has 7 heteroatoms. The summed E-state index contributed by atoms with van der Waals surface area (Å²) in [6.45, 7) is 2.69. The third-order valence-electron chi connectivity index (χ3n) is 2.39. The Kier molecular flexibility index (Phi) is 4.30. The summed E-state index contributed by atoms with van der Waals surface area (Å²) in [5.41, 5.74) is 0. The molecule has 0 unspecified atom stereocenters. The maximum absolute atomic E-state index is 5.38. The van der Waals surface area contributed by atoms with Crippen molar-refractivity contribution in [1.29, 1.82) is 0 Å². The van der Waals surface area contributed by atoms with Crippen molar-refractivity contribution in [3.63, 3.8) is 0 Å². The van der Waals surface area contributed by atoms with Gasteiger partial charge < -0.3 is 19.8 Å². The van der Waals surface area contributed by atoms with Crippen LogP contribution in [-0.2, 0) is 17.9 Å². The lowest BCUT2D eigenvalue weighted by Crippen LogP contribution is -2.07. The summed E-state index contributed by atoms with van der Waals surface area (Å²) in [6, 6.07) is 1.81. The minimum atomic E-state index is 0.363. The highest BCUT2D eigenvalue weighted by atomic mass is 16.5. The van der Waals surface area contributed by atoms with Crippen LogP contribution in [0.2, 0.25) is 0 Å². The number of hydrogen-bond acceptors (Lipinski definition) is 7. The summed E-state index contributed by atoms with van der Waals surface area (Å²) in [6.07, 6.45) is 1.69. The number of hydrogen-bond donors (Lipinski definition) is 2. The fourth-order valence-electron chi connectivity index (χ4n) is 1.56. The van der Waals surface area contributed by atoms with Crippen molar-refractivity contribution in [3.05, 3.63) is 29.7 Å². The summed E-state index contributed by atoms with van der Waals surface area (Å²) >= 11 is 0. The highest BCUT2D eigenvalue weighted by molar-refractivity contribution is 5.47. The molecule has 2 aromatic rings. The minimum Gasteiger partial charge on any atom is -0.444 e. The summed E-state index contributed by atoms with van der Waals surface area (Å²) in [7, 11) is 3.41. The van der Waals surface area contributed by atoms with Crippen molar-refractivity contribution in [1.82, 2.24) is 15.0 Å². The Hall–Kier alpha value is -2.15. The summed E-state index contributed by atoms with van der Waals surface area (Å²) in [5.74, 6) is 3.45. The van der Waals surface area contributed by atoms with E-state index >= 15 is 0 Å². The number of rotatable bonds is 6. The fraction of sp³-hybridized carbons (Fsp3) is 0.417. The van der Waals surface area contributed by atoms with Crippen LogP contribution in [0, 0.1) is 6.92 Å². The van der Waals surface area contributed by atoms with Gasteiger partial charge in [0.15, 0.2) is 5.82 Å². The van der Waals surface area contributed by atoms with E-state index in [0.29, 0.717) is 30.7 Å². The number of ether oxygens (including phenoxy) is 1. The Bertz CT molecular complexity index is 541. The van der Waals surface area contributed by atoms with E-state index in [9.17, 15) is 0 Å². The van der Waals surface area contributed by atoms with Crippen LogP contribution in [0.3, 0.4) is 0 Å². The average molecular weight is 263 g/mol. The molecular formula is C12H17N5O2. The summed E-state index contributed by atoms with van der Waals surface area (Å²) in [4.78, 5) is 12.7. The van der Waals surface area contributed by atoms with Crippen LogP contribution in [-0.4, -0.2) is 29.1 Å². The van der Waals surface area contributed by atoms with E-state index < -0.39 is 0 Å². The van der Waals surface area contributed by atoms with E-state index in [1.54, 1.807) is 20.4 Å². The third kappa shape index (κ3) is 3.65. The van der Waals surface area contributed by atoms with Gasteiger partial charge in [0.2, 0.25) is 5.89 Å². The first-order valence-electron chi connectivity index (χ1n) is 5.91. The van der Waals surface area contributed by atoms with Crippen LogP contribution in [0.1, 0.15) is 17.5 Å². The van der Waals surface area contributed by atoms with Crippen LogP contribution in [0.25, 0.3) is 0 Å². The van der Waals surface area contributed by atoms with Gasteiger partial charge in [-0.3, -0.25) is 0 Å². The Morgan fingerprint density at radius 1 is 1.32 bits per heavy atom. The molecule has 0 spiro atoms. The molecule has 102 valence electrons. The Balaban J connectivity index is 2.08. The normalized spacial score (nSPS) is 10.5. The molecule has 0 saturated heterocycles. The summed E-state index contributed by atoms with van der Waals surface area (Å²) < 4.78 is 10.4. The first-order chi connectivity index (χ1) is 9.21. The summed E-state index contributed by atoms with van der Waals surface area (Å²) in [5, 5.41) is 6.13. The zero-order valence-corrected chi connectivity index (χ0v) is 11.2. The molecule has 0 aliphatic heterocycles. The number of anilines is 2. The number of nitrogens with zero attached hydrogens (tertiary/aromatic N) is 3. The molecule has 2 aromatic heterocycles. The Morgan fingerprint density at radius 3 is 2.74 bits per heavy atom. The molecule has 0 fully saturated rings. The molecule has 0 atom stereocenters. The smallest absolute Gasteiger partial charge is 0.213 e. The second-order valence-electron chi connectivity index (χ2n) is 3.96. The van der Waals surface area contributed by atoms with E-state index in [1.165, 1.54) is 0 Å². The minimum absolute atomic E-state index is 0.363. The largest absolute Gasteiger partial charge is 0.444 e. The molecule has 0 bridgehead atoms. The van der Waals surface area contributed by atoms with Gasteiger partial charge in [-0.05, 0) is 6.92 Å². The number of nitrogens with one attached hydrogen (secondary N) is 2. The molecular weight excluding hydrogens is 246 g/mol. The van der Waals surface area contributed by atoms with Gasteiger partial charge in [-0.25, -0.2) is 15.0 Å². The molecule has 0 saturated carbocycles. The number of methoxy groups -OCH3 is 1. The second kappa shape index (κ2) is 6.14. The maximum Gasteiger partial charge on any atom is 0.213 e. The topological polar surface area (TPSA) is 85.1 Å². The standard InChI is InChI=1S/C12H17N5O2/c1-8-5-15-12(19-8)6-14-10-4-9(13-2)16-11(17-10)7-18-3/h4-5H,6-7H2,1-3H3,(H2,13,14,16,17).